The van der Waals surface area contributed by atoms with E-state index in [9.17, 15) is 4.79 Å². The van der Waals surface area contributed by atoms with Gasteiger partial charge in [0.25, 0.3) is 5.91 Å². The molecule has 0 bridgehead atoms. The fourth-order valence-electron chi connectivity index (χ4n) is 1.65. The molecule has 6 heteroatoms. The van der Waals surface area contributed by atoms with Crippen LogP contribution in [0.5, 0.6) is 5.95 Å². The van der Waals surface area contributed by atoms with Crippen LogP contribution in [0.3, 0.4) is 0 Å². The van der Waals surface area contributed by atoms with Gasteiger partial charge in [0, 0.05) is 13.1 Å². The zero-order valence-electron chi connectivity index (χ0n) is 12.3. The molecule has 108 valence electrons. The average Bonchev–Trinajstić information content (AvgIpc) is 2.75. The smallest absolute Gasteiger partial charge is 0.314 e. The third-order valence-electron chi connectivity index (χ3n) is 2.86. The molecule has 0 atom stereocenters. The minimum atomic E-state index is -0.242. The summed E-state index contributed by atoms with van der Waals surface area (Å²) in [7, 11) is 1.48. The van der Waals surface area contributed by atoms with Gasteiger partial charge in [-0.1, -0.05) is 25.9 Å². The van der Waals surface area contributed by atoms with Crippen LogP contribution < -0.4 is 15.4 Å². The molecule has 0 unspecified atom stereocenters. The van der Waals surface area contributed by atoms with Crippen molar-refractivity contribution in [2.24, 2.45) is 5.41 Å². The van der Waals surface area contributed by atoms with E-state index in [2.05, 4.69) is 36.6 Å². The summed E-state index contributed by atoms with van der Waals surface area (Å²) in [6, 6.07) is 0. The van der Waals surface area contributed by atoms with Gasteiger partial charge in [-0.15, -0.1) is 0 Å². The summed E-state index contributed by atoms with van der Waals surface area (Å²) in [5, 5.41) is 9.86. The highest BCUT2D eigenvalue weighted by molar-refractivity contribution is 5.93. The van der Waals surface area contributed by atoms with Crippen LogP contribution in [0, 0.1) is 12.3 Å². The van der Waals surface area contributed by atoms with E-state index < -0.39 is 0 Å². The van der Waals surface area contributed by atoms with E-state index >= 15 is 0 Å². The van der Waals surface area contributed by atoms with Crippen LogP contribution in [0.1, 0.15) is 36.8 Å². The second-order valence-corrected chi connectivity index (χ2v) is 5.27. The molecule has 1 heterocycles. The van der Waals surface area contributed by atoms with Crippen LogP contribution in [-0.4, -0.2) is 37.8 Å². The van der Waals surface area contributed by atoms with Gasteiger partial charge < -0.3 is 19.9 Å². The lowest BCUT2D eigenvalue weighted by Crippen LogP contribution is -2.40. The lowest BCUT2D eigenvalue weighted by atomic mass is 9.93. The second kappa shape index (κ2) is 6.56. The fraction of sp³-hybridized carbons (Fsp3) is 0.692. The first-order valence-corrected chi connectivity index (χ1v) is 6.40. The largest absolute Gasteiger partial charge is 0.467 e. The standard InChI is InChI=1S/C13H23N3O3/c1-6-14-7-13(3,4)8-15-11(17)10-9(2)12(18-5)19-16-10/h14H,6-8H2,1-5H3,(H,15,17). The Morgan fingerprint density at radius 1 is 1.42 bits per heavy atom. The highest BCUT2D eigenvalue weighted by Crippen LogP contribution is 2.20. The van der Waals surface area contributed by atoms with Gasteiger partial charge in [0.2, 0.25) is 0 Å². The number of ether oxygens (including phenoxy) is 1. The second-order valence-electron chi connectivity index (χ2n) is 5.27. The van der Waals surface area contributed by atoms with E-state index in [1.165, 1.54) is 7.11 Å². The van der Waals surface area contributed by atoms with E-state index in [-0.39, 0.29) is 23.0 Å². The first-order valence-electron chi connectivity index (χ1n) is 6.40. The number of methoxy groups -OCH3 is 1. The SMILES string of the molecule is CCNCC(C)(C)CNC(=O)c1noc(OC)c1C. The summed E-state index contributed by atoms with van der Waals surface area (Å²) in [6.07, 6.45) is 0. The number of carbonyl (C=O) groups excluding carboxylic acids is 1. The number of hydrogen-bond acceptors (Lipinski definition) is 5. The predicted octanol–water partition coefficient (Wildman–Crippen LogP) is 1.36. The summed E-state index contributed by atoms with van der Waals surface area (Å²) in [6.45, 7) is 10.3. The molecular weight excluding hydrogens is 246 g/mol. The number of carbonyl (C=O) groups is 1. The van der Waals surface area contributed by atoms with Gasteiger partial charge in [0.15, 0.2) is 5.69 Å². The minimum Gasteiger partial charge on any atom is -0.467 e. The minimum absolute atomic E-state index is 0.0204. The summed E-state index contributed by atoms with van der Waals surface area (Å²) in [5.41, 5.74) is 0.869. The monoisotopic (exact) mass is 269 g/mol. The van der Waals surface area contributed by atoms with Gasteiger partial charge in [-0.25, -0.2) is 0 Å². The molecule has 1 amide bonds. The lowest BCUT2D eigenvalue weighted by Gasteiger charge is -2.24. The van der Waals surface area contributed by atoms with Crippen LogP contribution in [0.15, 0.2) is 4.52 Å². The quantitative estimate of drug-likeness (QED) is 0.781. The highest BCUT2D eigenvalue weighted by atomic mass is 16.6. The molecule has 0 aromatic carbocycles. The van der Waals surface area contributed by atoms with Gasteiger partial charge in [-0.2, -0.15) is 0 Å². The zero-order chi connectivity index (χ0) is 14.5. The molecule has 0 saturated heterocycles. The van der Waals surface area contributed by atoms with Crippen molar-refractivity contribution in [2.75, 3.05) is 26.7 Å². The summed E-state index contributed by atoms with van der Waals surface area (Å²) in [4.78, 5) is 12.0. The summed E-state index contributed by atoms with van der Waals surface area (Å²) < 4.78 is 9.87. The Balaban J connectivity index is 2.57. The number of aromatic nitrogens is 1. The first-order chi connectivity index (χ1) is 8.91. The molecule has 0 aliphatic carbocycles. The third kappa shape index (κ3) is 4.24. The number of nitrogens with zero attached hydrogens (tertiary/aromatic N) is 1. The van der Waals surface area contributed by atoms with E-state index in [1.807, 2.05) is 0 Å². The maximum Gasteiger partial charge on any atom is 0.314 e. The highest BCUT2D eigenvalue weighted by Gasteiger charge is 2.22. The maximum atomic E-state index is 12.0. The van der Waals surface area contributed by atoms with Crippen molar-refractivity contribution < 1.29 is 14.1 Å². The Labute approximate surface area is 113 Å². The van der Waals surface area contributed by atoms with E-state index in [0.717, 1.165) is 13.1 Å². The van der Waals surface area contributed by atoms with Crippen LogP contribution in [0.4, 0.5) is 0 Å². The molecule has 0 aliphatic heterocycles. The Hall–Kier alpha value is -1.56. The van der Waals surface area contributed by atoms with Crippen molar-refractivity contribution in [1.82, 2.24) is 15.8 Å². The van der Waals surface area contributed by atoms with Gasteiger partial charge in [0.05, 0.1) is 12.7 Å². The molecule has 1 aromatic heterocycles. The van der Waals surface area contributed by atoms with Gasteiger partial charge in [0.1, 0.15) is 0 Å². The topological polar surface area (TPSA) is 76.4 Å². The van der Waals surface area contributed by atoms with Gasteiger partial charge in [-0.3, -0.25) is 4.79 Å². The van der Waals surface area contributed by atoms with Crippen molar-refractivity contribution >= 4 is 5.91 Å². The number of rotatable bonds is 7. The van der Waals surface area contributed by atoms with Crippen LogP contribution >= 0.6 is 0 Å². The van der Waals surface area contributed by atoms with Crippen LogP contribution in [0.2, 0.25) is 0 Å². The van der Waals surface area contributed by atoms with Crippen molar-refractivity contribution in [3.05, 3.63) is 11.3 Å². The third-order valence-corrected chi connectivity index (χ3v) is 2.86. The van der Waals surface area contributed by atoms with Crippen molar-refractivity contribution in [2.45, 2.75) is 27.7 Å². The molecule has 19 heavy (non-hydrogen) atoms. The van der Waals surface area contributed by atoms with Crippen molar-refractivity contribution in [3.8, 4) is 5.95 Å². The van der Waals surface area contributed by atoms with E-state index in [4.69, 9.17) is 9.26 Å². The molecular formula is C13H23N3O3. The lowest BCUT2D eigenvalue weighted by molar-refractivity contribution is 0.0926. The number of hydrogen-bond donors (Lipinski definition) is 2. The maximum absolute atomic E-state index is 12.0. The van der Waals surface area contributed by atoms with Gasteiger partial charge >= 0.3 is 5.95 Å². The Morgan fingerprint density at radius 2 is 2.11 bits per heavy atom. The average molecular weight is 269 g/mol. The Kier molecular flexibility index (Phi) is 5.35. The molecule has 0 aliphatic rings. The Bertz CT molecular complexity index is 427. The molecule has 6 nitrogen and oxygen atoms in total. The molecule has 0 spiro atoms. The normalized spacial score (nSPS) is 11.4. The predicted molar refractivity (Wildman–Crippen MR) is 72.4 cm³/mol. The van der Waals surface area contributed by atoms with Crippen molar-refractivity contribution in [1.29, 1.82) is 0 Å². The molecule has 0 saturated carbocycles. The number of amides is 1. The zero-order valence-corrected chi connectivity index (χ0v) is 12.3. The van der Waals surface area contributed by atoms with Crippen molar-refractivity contribution in [3.63, 3.8) is 0 Å². The van der Waals surface area contributed by atoms with E-state index in [1.54, 1.807) is 6.92 Å². The van der Waals surface area contributed by atoms with Gasteiger partial charge in [-0.05, 0) is 18.9 Å². The fourth-order valence-corrected chi connectivity index (χ4v) is 1.65. The van der Waals surface area contributed by atoms with Crippen LogP contribution in [-0.2, 0) is 0 Å². The summed E-state index contributed by atoms with van der Waals surface area (Å²) >= 11 is 0. The van der Waals surface area contributed by atoms with E-state index in [0.29, 0.717) is 12.1 Å². The molecule has 0 radical (unpaired) electrons. The first kappa shape index (κ1) is 15.5. The molecule has 1 aromatic rings. The summed E-state index contributed by atoms with van der Waals surface area (Å²) in [5.74, 6) is 0.0335. The molecule has 1 rings (SSSR count). The number of nitrogens with one attached hydrogen (secondary N) is 2. The van der Waals surface area contributed by atoms with Crippen LogP contribution in [0.25, 0.3) is 0 Å². The molecule has 0 fully saturated rings. The Morgan fingerprint density at radius 3 is 2.63 bits per heavy atom. The molecule has 2 N–H and O–H groups in total.